The van der Waals surface area contributed by atoms with Gasteiger partial charge in [-0.3, -0.25) is 16.3 Å². The molecule has 3 N–H and O–H groups in total. The van der Waals surface area contributed by atoms with E-state index in [0.29, 0.717) is 18.2 Å². The molecule has 0 amide bonds. The van der Waals surface area contributed by atoms with Crippen LogP contribution < -0.4 is 16.3 Å². The number of nitrogens with zero attached hydrogens (tertiary/aromatic N) is 1. The van der Waals surface area contributed by atoms with E-state index in [-0.39, 0.29) is 17.1 Å². The largest absolute Gasteiger partial charge is 0.416 e. The summed E-state index contributed by atoms with van der Waals surface area (Å²) in [5.41, 5.74) is 3.83. The Labute approximate surface area is 186 Å². The van der Waals surface area contributed by atoms with Gasteiger partial charge in [-0.05, 0) is 59.8 Å². The first-order valence-corrected chi connectivity index (χ1v) is 9.34. The molecule has 0 unspecified atom stereocenters. The molecule has 3 aromatic carbocycles. The van der Waals surface area contributed by atoms with Gasteiger partial charge in [-0.1, -0.05) is 18.2 Å². The van der Waals surface area contributed by atoms with Crippen molar-refractivity contribution >= 4 is 17.1 Å². The van der Waals surface area contributed by atoms with E-state index in [1.165, 1.54) is 18.2 Å². The van der Waals surface area contributed by atoms with Gasteiger partial charge in [-0.15, -0.1) is 0 Å². The van der Waals surface area contributed by atoms with E-state index < -0.39 is 35.2 Å². The molecule has 0 bridgehead atoms. The van der Waals surface area contributed by atoms with Crippen molar-refractivity contribution < 1.29 is 39.5 Å². The Hall–Kier alpha value is -3.61. The van der Waals surface area contributed by atoms with E-state index in [2.05, 4.69) is 16.3 Å². The number of hydrogen-bond acceptors (Lipinski definition) is 4. The third kappa shape index (κ3) is 6.70. The van der Waals surface area contributed by atoms with Gasteiger partial charge in [0.15, 0.2) is 0 Å². The fourth-order valence-electron chi connectivity index (χ4n) is 2.77. The second-order valence-electron chi connectivity index (χ2n) is 6.91. The first kappa shape index (κ1) is 25.0. The van der Waals surface area contributed by atoms with Crippen LogP contribution in [-0.2, 0) is 18.5 Å². The Bertz CT molecular complexity index is 982. The molecule has 13 heteroatoms. The molecule has 0 aliphatic rings. The Morgan fingerprint density at radius 1 is 0.441 bits per heavy atom. The Morgan fingerprint density at radius 2 is 0.706 bits per heavy atom. The minimum atomic E-state index is -4.68. The number of alkyl halides is 9. The molecular formula is C21H15F9N4. The van der Waals surface area contributed by atoms with Crippen LogP contribution in [0.5, 0.6) is 0 Å². The molecule has 0 saturated heterocycles. The van der Waals surface area contributed by atoms with Crippen LogP contribution in [0.1, 0.15) is 16.7 Å². The summed E-state index contributed by atoms with van der Waals surface area (Å²) in [4.78, 5) is 0. The van der Waals surface area contributed by atoms with Crippen LogP contribution in [0, 0.1) is 0 Å². The molecule has 0 heterocycles. The number of nitrogens with one attached hydrogen (secondary N) is 3. The van der Waals surface area contributed by atoms with Gasteiger partial charge in [0.05, 0.1) is 33.8 Å². The van der Waals surface area contributed by atoms with Crippen LogP contribution in [0.3, 0.4) is 0 Å². The smallest absolute Gasteiger partial charge is 0.283 e. The van der Waals surface area contributed by atoms with Crippen LogP contribution in [0.15, 0.2) is 72.8 Å². The van der Waals surface area contributed by atoms with Crippen molar-refractivity contribution in [3.63, 3.8) is 0 Å². The van der Waals surface area contributed by atoms with Crippen molar-refractivity contribution in [3.05, 3.63) is 89.5 Å². The fourth-order valence-corrected chi connectivity index (χ4v) is 2.77. The minimum Gasteiger partial charge on any atom is -0.283 e. The predicted molar refractivity (Wildman–Crippen MR) is 107 cm³/mol. The zero-order valence-corrected chi connectivity index (χ0v) is 16.8. The highest BCUT2D eigenvalue weighted by atomic mass is 19.4. The lowest BCUT2D eigenvalue weighted by Gasteiger charge is -2.27. The molecular weight excluding hydrogens is 479 g/mol. The number of hydrogen-bond donors (Lipinski definition) is 3. The van der Waals surface area contributed by atoms with Crippen LogP contribution in [0.25, 0.3) is 0 Å². The molecule has 0 aromatic heterocycles. The van der Waals surface area contributed by atoms with Gasteiger partial charge in [0.2, 0.25) is 0 Å². The summed E-state index contributed by atoms with van der Waals surface area (Å²) in [6.45, 7) is 0. The lowest BCUT2D eigenvalue weighted by molar-refractivity contribution is -0.138. The highest BCUT2D eigenvalue weighted by molar-refractivity contribution is 5.52. The molecule has 182 valence electrons. The zero-order chi connectivity index (χ0) is 25.1. The van der Waals surface area contributed by atoms with E-state index in [1.54, 1.807) is 0 Å². The summed E-state index contributed by atoms with van der Waals surface area (Å²) in [7, 11) is 0. The SMILES string of the molecule is FC(F)(F)c1cccc(NN(Nc2cccc(C(F)(F)F)c2)Nc2cccc(C(F)(F)F)c2)c1. The Morgan fingerprint density at radius 3 is 0.941 bits per heavy atom. The van der Waals surface area contributed by atoms with Crippen LogP contribution in [0.2, 0.25) is 0 Å². The van der Waals surface area contributed by atoms with Gasteiger partial charge in [0.25, 0.3) is 0 Å². The molecule has 4 nitrogen and oxygen atoms in total. The zero-order valence-electron chi connectivity index (χ0n) is 16.8. The third-order valence-electron chi connectivity index (χ3n) is 4.29. The molecule has 0 aliphatic carbocycles. The standard InChI is InChI=1S/C21H15F9N4/c22-19(23,24)13-4-1-7-16(10-13)31-34(32-17-8-2-5-14(11-17)20(25,26)27)33-18-9-3-6-15(12-18)21(28,29)30/h1-12,31-33H. The van der Waals surface area contributed by atoms with Crippen LogP contribution in [-0.4, -0.2) is 5.23 Å². The summed E-state index contributed by atoms with van der Waals surface area (Å²) in [5.74, 6) is 0. The number of halogens is 9. The average molecular weight is 494 g/mol. The topological polar surface area (TPSA) is 39.3 Å². The fraction of sp³-hybridized carbons (Fsp3) is 0.143. The van der Waals surface area contributed by atoms with E-state index in [1.807, 2.05) is 0 Å². The quantitative estimate of drug-likeness (QED) is 0.246. The average Bonchev–Trinajstić information content (AvgIpc) is 2.72. The maximum absolute atomic E-state index is 13.0. The molecule has 34 heavy (non-hydrogen) atoms. The highest BCUT2D eigenvalue weighted by Gasteiger charge is 2.32. The molecule has 0 radical (unpaired) electrons. The first-order chi connectivity index (χ1) is 15.7. The van der Waals surface area contributed by atoms with Crippen LogP contribution >= 0.6 is 0 Å². The summed E-state index contributed by atoms with van der Waals surface area (Å²) >= 11 is 0. The number of anilines is 3. The first-order valence-electron chi connectivity index (χ1n) is 9.34. The molecule has 0 spiro atoms. The number of hydrazine groups is 3. The third-order valence-corrected chi connectivity index (χ3v) is 4.29. The maximum atomic E-state index is 13.0. The summed E-state index contributed by atoms with van der Waals surface area (Å²) < 4.78 is 117. The normalized spacial score (nSPS) is 12.5. The second kappa shape index (κ2) is 9.33. The van der Waals surface area contributed by atoms with E-state index in [9.17, 15) is 39.5 Å². The number of benzene rings is 3. The molecule has 0 saturated carbocycles. The van der Waals surface area contributed by atoms with Gasteiger partial charge in [0.1, 0.15) is 0 Å². The van der Waals surface area contributed by atoms with Gasteiger partial charge in [-0.2, -0.15) is 39.5 Å². The van der Waals surface area contributed by atoms with Crippen molar-refractivity contribution in [3.8, 4) is 0 Å². The molecule has 0 atom stereocenters. The Balaban J connectivity index is 1.92. The lowest BCUT2D eigenvalue weighted by Crippen LogP contribution is -2.40. The summed E-state index contributed by atoms with van der Waals surface area (Å²) in [6, 6.07) is 11.5. The maximum Gasteiger partial charge on any atom is 0.416 e. The summed E-state index contributed by atoms with van der Waals surface area (Å²) in [6.07, 6.45) is -14.0. The summed E-state index contributed by atoms with van der Waals surface area (Å²) in [5, 5.41) is 0.737. The van der Waals surface area contributed by atoms with Gasteiger partial charge in [0, 0.05) is 0 Å². The van der Waals surface area contributed by atoms with Gasteiger partial charge < -0.3 is 0 Å². The van der Waals surface area contributed by atoms with Crippen LogP contribution in [0.4, 0.5) is 56.6 Å². The predicted octanol–water partition coefficient (Wildman–Crippen LogP) is 7.43. The lowest BCUT2D eigenvalue weighted by atomic mass is 10.2. The molecule has 0 fully saturated rings. The van der Waals surface area contributed by atoms with Gasteiger partial charge >= 0.3 is 18.5 Å². The molecule has 0 aliphatic heterocycles. The van der Waals surface area contributed by atoms with Crippen molar-refractivity contribution in [2.75, 3.05) is 16.3 Å². The highest BCUT2D eigenvalue weighted by Crippen LogP contribution is 2.33. The number of rotatable bonds is 6. The van der Waals surface area contributed by atoms with Gasteiger partial charge in [-0.25, -0.2) is 0 Å². The van der Waals surface area contributed by atoms with Crippen molar-refractivity contribution in [2.24, 2.45) is 0 Å². The van der Waals surface area contributed by atoms with Crippen molar-refractivity contribution in [2.45, 2.75) is 18.5 Å². The van der Waals surface area contributed by atoms with E-state index in [4.69, 9.17) is 0 Å². The molecule has 3 aromatic rings. The monoisotopic (exact) mass is 494 g/mol. The van der Waals surface area contributed by atoms with E-state index >= 15 is 0 Å². The van der Waals surface area contributed by atoms with E-state index in [0.717, 1.165) is 41.6 Å². The van der Waals surface area contributed by atoms with Crippen molar-refractivity contribution in [1.29, 1.82) is 0 Å². The van der Waals surface area contributed by atoms with Crippen molar-refractivity contribution in [1.82, 2.24) is 5.23 Å². The minimum absolute atomic E-state index is 0.159. The Kier molecular flexibility index (Phi) is 6.87. The molecule has 3 rings (SSSR count). The second-order valence-corrected chi connectivity index (χ2v) is 6.91.